The highest BCUT2D eigenvalue weighted by molar-refractivity contribution is 6.30. The van der Waals surface area contributed by atoms with Crippen molar-refractivity contribution in [2.75, 3.05) is 13.9 Å². The first kappa shape index (κ1) is 22.1. The van der Waals surface area contributed by atoms with Crippen molar-refractivity contribution in [1.82, 2.24) is 5.32 Å². The van der Waals surface area contributed by atoms with Crippen molar-refractivity contribution in [1.29, 1.82) is 0 Å². The van der Waals surface area contributed by atoms with Crippen LogP contribution in [0.1, 0.15) is 16.7 Å². The van der Waals surface area contributed by atoms with Crippen LogP contribution in [0.25, 0.3) is 0 Å². The van der Waals surface area contributed by atoms with Gasteiger partial charge in [0.1, 0.15) is 6.61 Å². The van der Waals surface area contributed by atoms with Crippen molar-refractivity contribution < 1.29 is 18.9 Å². The van der Waals surface area contributed by atoms with Crippen LogP contribution in [-0.4, -0.2) is 13.9 Å². The van der Waals surface area contributed by atoms with E-state index < -0.39 is 0 Å². The molecular formula is C23H23Cl2NO4. The molecule has 30 heavy (non-hydrogen) atoms. The minimum absolute atomic E-state index is 0. The average Bonchev–Trinajstić information content (AvgIpc) is 3.20. The molecule has 3 aromatic rings. The van der Waals surface area contributed by atoms with Gasteiger partial charge in [0.05, 0.1) is 7.11 Å². The van der Waals surface area contributed by atoms with Gasteiger partial charge in [-0.2, -0.15) is 0 Å². The number of benzene rings is 3. The lowest BCUT2D eigenvalue weighted by Gasteiger charge is -2.13. The number of halogens is 2. The van der Waals surface area contributed by atoms with Gasteiger partial charge < -0.3 is 24.3 Å². The Kier molecular flexibility index (Phi) is 7.69. The van der Waals surface area contributed by atoms with Gasteiger partial charge in [-0.05, 0) is 53.1 Å². The van der Waals surface area contributed by atoms with Gasteiger partial charge in [-0.15, -0.1) is 12.4 Å². The summed E-state index contributed by atoms with van der Waals surface area (Å²) in [6, 6.07) is 19.5. The van der Waals surface area contributed by atoms with E-state index in [4.69, 9.17) is 30.5 Å². The highest BCUT2D eigenvalue weighted by Crippen LogP contribution is 2.32. The Hall–Kier alpha value is -2.60. The number of ether oxygens (including phenoxy) is 4. The summed E-state index contributed by atoms with van der Waals surface area (Å²) >= 11 is 6.03. The summed E-state index contributed by atoms with van der Waals surface area (Å²) < 4.78 is 22.2. The molecule has 1 aliphatic rings. The molecule has 1 heterocycles. The van der Waals surface area contributed by atoms with Crippen molar-refractivity contribution in [2.24, 2.45) is 0 Å². The van der Waals surface area contributed by atoms with E-state index in [1.54, 1.807) is 7.11 Å². The lowest BCUT2D eigenvalue weighted by molar-refractivity contribution is 0.174. The Bertz CT molecular complexity index is 997. The van der Waals surface area contributed by atoms with Gasteiger partial charge in [-0.1, -0.05) is 35.9 Å². The largest absolute Gasteiger partial charge is 0.493 e. The topological polar surface area (TPSA) is 49.0 Å². The Morgan fingerprint density at radius 3 is 2.43 bits per heavy atom. The van der Waals surface area contributed by atoms with Crippen molar-refractivity contribution in [3.8, 4) is 23.0 Å². The van der Waals surface area contributed by atoms with E-state index in [2.05, 4.69) is 5.32 Å². The minimum Gasteiger partial charge on any atom is -0.493 e. The van der Waals surface area contributed by atoms with E-state index >= 15 is 0 Å². The quantitative estimate of drug-likeness (QED) is 0.502. The number of hydrogen-bond acceptors (Lipinski definition) is 5. The van der Waals surface area contributed by atoms with Crippen molar-refractivity contribution in [3.63, 3.8) is 0 Å². The third kappa shape index (κ3) is 5.51. The monoisotopic (exact) mass is 447 g/mol. The first-order chi connectivity index (χ1) is 14.2. The second-order valence-electron chi connectivity index (χ2n) is 6.69. The molecule has 1 N–H and O–H groups in total. The summed E-state index contributed by atoms with van der Waals surface area (Å²) in [4.78, 5) is 0. The van der Waals surface area contributed by atoms with Crippen LogP contribution in [0.3, 0.4) is 0 Å². The first-order valence-electron chi connectivity index (χ1n) is 9.34. The van der Waals surface area contributed by atoms with E-state index in [0.29, 0.717) is 29.7 Å². The van der Waals surface area contributed by atoms with Gasteiger partial charge in [0.25, 0.3) is 0 Å². The molecule has 0 saturated carbocycles. The number of rotatable bonds is 8. The van der Waals surface area contributed by atoms with Crippen LogP contribution in [0, 0.1) is 0 Å². The molecule has 5 nitrogen and oxygen atoms in total. The van der Waals surface area contributed by atoms with Crippen molar-refractivity contribution in [2.45, 2.75) is 19.7 Å². The standard InChI is InChI=1S/C23H22ClNO4.ClH/c1-26-22-10-16(5-7-20(22)27-14-18-3-2-4-19(24)9-18)12-25-13-17-6-8-21-23(11-17)29-15-28-21;/h2-11,25H,12-15H2,1H3;1H. The van der Waals surface area contributed by atoms with Crippen LogP contribution in [0.2, 0.25) is 5.02 Å². The molecule has 0 aliphatic carbocycles. The van der Waals surface area contributed by atoms with E-state index in [0.717, 1.165) is 34.7 Å². The zero-order valence-electron chi connectivity index (χ0n) is 16.5. The summed E-state index contributed by atoms with van der Waals surface area (Å²) in [5.41, 5.74) is 3.26. The molecular weight excluding hydrogens is 425 g/mol. The predicted octanol–water partition coefficient (Wildman–Crippen LogP) is 5.37. The maximum atomic E-state index is 6.03. The van der Waals surface area contributed by atoms with Crippen LogP contribution >= 0.6 is 24.0 Å². The second kappa shape index (κ2) is 10.4. The minimum atomic E-state index is 0. The zero-order chi connectivity index (χ0) is 20.1. The molecule has 7 heteroatoms. The predicted molar refractivity (Wildman–Crippen MR) is 119 cm³/mol. The Labute approximate surface area is 187 Å². The number of hydrogen-bond donors (Lipinski definition) is 1. The summed E-state index contributed by atoms with van der Waals surface area (Å²) in [5.74, 6) is 3.00. The van der Waals surface area contributed by atoms with Gasteiger partial charge in [-0.25, -0.2) is 0 Å². The van der Waals surface area contributed by atoms with Crippen molar-refractivity contribution in [3.05, 3.63) is 82.4 Å². The fourth-order valence-corrected chi connectivity index (χ4v) is 3.34. The second-order valence-corrected chi connectivity index (χ2v) is 7.13. The molecule has 3 aromatic carbocycles. The van der Waals surface area contributed by atoms with Crippen LogP contribution in [0.4, 0.5) is 0 Å². The molecule has 0 spiro atoms. The smallest absolute Gasteiger partial charge is 0.231 e. The summed E-state index contributed by atoms with van der Waals surface area (Å²) in [5, 5.41) is 4.13. The van der Waals surface area contributed by atoms with E-state index in [1.165, 1.54) is 0 Å². The van der Waals surface area contributed by atoms with E-state index in [1.807, 2.05) is 60.7 Å². The van der Waals surface area contributed by atoms with E-state index in [-0.39, 0.29) is 19.2 Å². The Balaban J connectivity index is 0.00000256. The molecule has 0 fully saturated rings. The molecule has 158 valence electrons. The molecule has 0 unspecified atom stereocenters. The molecule has 0 bridgehead atoms. The van der Waals surface area contributed by atoms with Gasteiger partial charge in [0.2, 0.25) is 6.79 Å². The highest BCUT2D eigenvalue weighted by Gasteiger charge is 2.13. The fourth-order valence-electron chi connectivity index (χ4n) is 3.13. The average molecular weight is 448 g/mol. The maximum Gasteiger partial charge on any atom is 0.231 e. The molecule has 0 atom stereocenters. The third-order valence-electron chi connectivity index (χ3n) is 4.61. The van der Waals surface area contributed by atoms with Crippen LogP contribution in [0.15, 0.2) is 60.7 Å². The van der Waals surface area contributed by atoms with Crippen LogP contribution in [-0.2, 0) is 19.7 Å². The van der Waals surface area contributed by atoms with Crippen LogP contribution < -0.4 is 24.3 Å². The normalized spacial score (nSPS) is 11.7. The SMILES string of the molecule is COc1cc(CNCc2ccc3c(c2)OCO3)ccc1OCc1cccc(Cl)c1.Cl. The van der Waals surface area contributed by atoms with Crippen molar-refractivity contribution >= 4 is 24.0 Å². The fraction of sp³-hybridized carbons (Fsp3) is 0.217. The summed E-state index contributed by atoms with van der Waals surface area (Å²) in [6.07, 6.45) is 0. The number of fused-ring (bicyclic) bond motifs is 1. The summed E-state index contributed by atoms with van der Waals surface area (Å²) in [6.45, 7) is 2.15. The number of nitrogens with one attached hydrogen (secondary N) is 1. The third-order valence-corrected chi connectivity index (χ3v) is 4.84. The highest BCUT2D eigenvalue weighted by atomic mass is 35.5. The molecule has 0 radical (unpaired) electrons. The van der Waals surface area contributed by atoms with Gasteiger partial charge >= 0.3 is 0 Å². The van der Waals surface area contributed by atoms with Gasteiger partial charge in [0.15, 0.2) is 23.0 Å². The first-order valence-corrected chi connectivity index (χ1v) is 9.72. The number of methoxy groups -OCH3 is 1. The molecule has 1 aliphatic heterocycles. The van der Waals surface area contributed by atoms with E-state index in [9.17, 15) is 0 Å². The van der Waals surface area contributed by atoms with Crippen LogP contribution in [0.5, 0.6) is 23.0 Å². The molecule has 0 aromatic heterocycles. The maximum absolute atomic E-state index is 6.03. The zero-order valence-corrected chi connectivity index (χ0v) is 18.1. The summed E-state index contributed by atoms with van der Waals surface area (Å²) in [7, 11) is 1.64. The Morgan fingerprint density at radius 1 is 0.867 bits per heavy atom. The molecule has 0 amide bonds. The lowest BCUT2D eigenvalue weighted by Crippen LogP contribution is -2.12. The molecule has 0 saturated heterocycles. The van der Waals surface area contributed by atoms with Gasteiger partial charge in [-0.3, -0.25) is 0 Å². The Morgan fingerprint density at radius 2 is 1.63 bits per heavy atom. The van der Waals surface area contributed by atoms with Gasteiger partial charge in [0, 0.05) is 18.1 Å². The lowest BCUT2D eigenvalue weighted by atomic mass is 10.1. The molecule has 4 rings (SSSR count).